The molecule has 0 saturated heterocycles. The lowest BCUT2D eigenvalue weighted by Gasteiger charge is -2.36. The monoisotopic (exact) mass is 1100 g/mol. The third-order valence-corrected chi connectivity index (χ3v) is 21.6. The first-order valence-corrected chi connectivity index (χ1v) is 31.1. The van der Waals surface area contributed by atoms with Crippen LogP contribution in [0.15, 0.2) is 0 Å². The van der Waals surface area contributed by atoms with Crippen LogP contribution in [0, 0.1) is 0 Å². The van der Waals surface area contributed by atoms with Crippen LogP contribution < -0.4 is 0 Å². The Balaban J connectivity index is 7.35. The molecule has 0 rings (SSSR count). The lowest BCUT2D eigenvalue weighted by atomic mass is 10.0. The van der Waals surface area contributed by atoms with E-state index in [4.69, 9.17) is 0 Å². The van der Waals surface area contributed by atoms with Crippen molar-refractivity contribution in [3.05, 3.63) is 0 Å². The summed E-state index contributed by atoms with van der Waals surface area (Å²) in [4.78, 5) is 0. The first-order chi connectivity index (χ1) is 26.9. The van der Waals surface area contributed by atoms with Gasteiger partial charge in [0.05, 0.1) is 148 Å². The minimum atomic E-state index is -6.38. The van der Waals surface area contributed by atoms with Crippen LogP contribution in [0.2, 0.25) is 0 Å². The Morgan fingerprint density at radius 2 is 0.371 bits per heavy atom. The fourth-order valence-electron chi connectivity index (χ4n) is 5.98. The molecule has 40 heteroatoms. The van der Waals surface area contributed by atoms with E-state index in [0.29, 0.717) is 6.92 Å². The van der Waals surface area contributed by atoms with Gasteiger partial charge in [-0.3, -0.25) is 0 Å². The lowest BCUT2D eigenvalue weighted by molar-refractivity contribution is 0.389. The van der Waals surface area contributed by atoms with Gasteiger partial charge in [0.15, 0.2) is 0 Å². The first-order valence-electron chi connectivity index (χ1n) is 16.4. The molecule has 0 bridgehead atoms. The fraction of sp³-hybridized carbons (Fsp3) is 1.00. The number of hydrogen-bond acceptors (Lipinski definition) is 30. The second-order valence-corrected chi connectivity index (χ2v) is 30.5. The highest BCUT2D eigenvalue weighted by Crippen LogP contribution is 2.32. The third kappa shape index (κ3) is 21.2. The van der Waals surface area contributed by atoms with Crippen LogP contribution in [0.3, 0.4) is 0 Å². The molecule has 0 aromatic rings. The van der Waals surface area contributed by atoms with Crippen molar-refractivity contribution in [3.8, 4) is 0 Å². The highest BCUT2D eigenvalue weighted by Gasteiger charge is 2.39. The Kier molecular flexibility index (Phi) is 21.1. The van der Waals surface area contributed by atoms with Crippen LogP contribution >= 0.6 is 0 Å². The van der Waals surface area contributed by atoms with E-state index in [1.54, 1.807) is 0 Å². The minimum absolute atomic E-state index is 0.500. The van der Waals surface area contributed by atoms with E-state index in [-0.39, 0.29) is 0 Å². The standard InChI is InChI=1S/C22H46O30S10/c1-3-14(54(26,27)28)5-16(56(32,33)34)7-18(58(38,39)40)9-20(60(44,45)46)11-22(62(50,51)52)12-21(61(47,48)49)10-19(59(41,42)43)8-17(57(35,36)37)6-15(55(29,30)31)4-13(2)53(23,24)25/h13-22H,3-12H2,1-2H3,(H,23,24,25)(H,26,27,28)(H,29,30,31)(H,32,33,34)(H,35,36,37)(H,38,39,40)(H,41,42,43)(H,44,45,46)(H,47,48,49)(H,50,51,52)/p-10. The lowest BCUT2D eigenvalue weighted by Crippen LogP contribution is -2.42. The molecule has 0 radical (unpaired) electrons. The molecule has 0 spiro atoms. The van der Waals surface area contributed by atoms with Crippen molar-refractivity contribution in [2.24, 2.45) is 0 Å². The van der Waals surface area contributed by atoms with Crippen LogP contribution in [-0.2, 0) is 101 Å². The molecule has 0 saturated carbocycles. The van der Waals surface area contributed by atoms with Crippen molar-refractivity contribution in [3.63, 3.8) is 0 Å². The van der Waals surface area contributed by atoms with Gasteiger partial charge in [0.25, 0.3) is 0 Å². The molecular formula is C22H36O30S10-10. The molecular weight excluding hydrogens is 1060 g/mol. The van der Waals surface area contributed by atoms with Gasteiger partial charge in [-0.05, 0) is 71.1 Å². The Bertz CT molecular complexity index is 2710. The predicted molar refractivity (Wildman–Crippen MR) is 192 cm³/mol. The third-order valence-electron chi connectivity index (χ3n) is 9.42. The van der Waals surface area contributed by atoms with Gasteiger partial charge in [-0.15, -0.1) is 0 Å². The summed E-state index contributed by atoms with van der Waals surface area (Å²) in [5.41, 5.74) is 0. The topological polar surface area (TPSA) is 572 Å². The molecule has 0 fully saturated rings. The molecule has 0 aliphatic carbocycles. The maximum Gasteiger partial charge on any atom is 0.0976 e. The van der Waals surface area contributed by atoms with Gasteiger partial charge >= 0.3 is 0 Å². The average Bonchev–Trinajstić information content (AvgIpc) is 2.97. The Morgan fingerprint density at radius 3 is 0.484 bits per heavy atom. The summed E-state index contributed by atoms with van der Waals surface area (Å²) in [5.74, 6) is 0. The summed E-state index contributed by atoms with van der Waals surface area (Å²) < 4.78 is 359. The zero-order chi connectivity index (χ0) is 49.8. The van der Waals surface area contributed by atoms with Crippen LogP contribution in [-0.4, -0.2) is 182 Å². The second kappa shape index (κ2) is 21.4. The quantitative estimate of drug-likeness (QED) is 0.0629. The van der Waals surface area contributed by atoms with Gasteiger partial charge in [0.1, 0.15) is 0 Å². The maximum atomic E-state index is 12.3. The highest BCUT2D eigenvalue weighted by atomic mass is 32.3. The van der Waals surface area contributed by atoms with Gasteiger partial charge in [-0.1, -0.05) is 6.92 Å². The summed E-state index contributed by atoms with van der Waals surface area (Å²) in [6.45, 7) is 1.46. The molecule has 10 atom stereocenters. The van der Waals surface area contributed by atoms with E-state index in [2.05, 4.69) is 0 Å². The van der Waals surface area contributed by atoms with Crippen LogP contribution in [0.1, 0.15) is 78.1 Å². The normalized spacial score (nSPS) is 19.6. The largest absolute Gasteiger partial charge is 0.748 e. The zero-order valence-electron chi connectivity index (χ0n) is 31.2. The van der Waals surface area contributed by atoms with Crippen molar-refractivity contribution >= 4 is 101 Å². The van der Waals surface area contributed by atoms with Gasteiger partial charge in [0.2, 0.25) is 0 Å². The SMILES string of the molecule is CCC(CC(CC(CC(CC(CC(CC(CC(CC(CC(C)S(=O)(=O)[O-])S(=O)(=O)[O-])S(=O)(=O)[O-])S(=O)(=O)[O-])S(=O)(=O)[O-])S(=O)(=O)[O-])S(=O)(=O)[O-])S(=O)(=O)[O-])S(=O)(=O)[O-])S(=O)(=O)[O-]. The van der Waals surface area contributed by atoms with Gasteiger partial charge < -0.3 is 45.5 Å². The Hall–Kier alpha value is -0.900. The molecule has 374 valence electrons. The van der Waals surface area contributed by atoms with E-state index in [9.17, 15) is 130 Å². The highest BCUT2D eigenvalue weighted by molar-refractivity contribution is 7.90. The summed E-state index contributed by atoms with van der Waals surface area (Å²) in [5, 5.41) is -29.8. The molecule has 62 heavy (non-hydrogen) atoms. The van der Waals surface area contributed by atoms with E-state index < -0.39 is 218 Å². The summed E-state index contributed by atoms with van der Waals surface area (Å²) in [7, 11) is -60.6. The second-order valence-electron chi connectivity index (χ2n) is 13.9. The van der Waals surface area contributed by atoms with Crippen LogP contribution in [0.4, 0.5) is 0 Å². The first kappa shape index (κ1) is 61.1. The zero-order valence-corrected chi connectivity index (χ0v) is 39.3. The molecule has 30 nitrogen and oxygen atoms in total. The average molecular weight is 1100 g/mol. The van der Waals surface area contributed by atoms with Crippen molar-refractivity contribution in [1.29, 1.82) is 0 Å². The molecule has 0 aliphatic heterocycles. The summed E-state index contributed by atoms with van der Waals surface area (Å²) in [6, 6.07) is 0. The van der Waals surface area contributed by atoms with E-state index in [1.165, 1.54) is 0 Å². The van der Waals surface area contributed by atoms with Crippen molar-refractivity contribution in [2.45, 2.75) is 131 Å². The summed E-state index contributed by atoms with van der Waals surface area (Å²) in [6.07, 6.45) is -18.4. The van der Waals surface area contributed by atoms with Crippen molar-refractivity contribution < 1.29 is 130 Å². The van der Waals surface area contributed by atoms with Gasteiger partial charge in [0, 0.05) is 5.25 Å². The molecule has 0 aromatic heterocycles. The molecule has 0 heterocycles. The van der Waals surface area contributed by atoms with Gasteiger partial charge in [-0.25, -0.2) is 84.2 Å². The van der Waals surface area contributed by atoms with Crippen LogP contribution in [0.5, 0.6) is 0 Å². The molecule has 0 amide bonds. The molecule has 0 N–H and O–H groups in total. The Labute approximate surface area is 359 Å². The predicted octanol–water partition coefficient (Wildman–Crippen LogP) is -5.93. The smallest absolute Gasteiger partial charge is 0.0976 e. The minimum Gasteiger partial charge on any atom is -0.748 e. The summed E-state index contributed by atoms with van der Waals surface area (Å²) >= 11 is 0. The van der Waals surface area contributed by atoms with E-state index in [1.807, 2.05) is 0 Å². The molecule has 10 unspecified atom stereocenters. The molecule has 0 aromatic carbocycles. The van der Waals surface area contributed by atoms with E-state index in [0.717, 1.165) is 6.92 Å². The fourth-order valence-corrected chi connectivity index (χ4v) is 16.0. The maximum absolute atomic E-state index is 12.3. The van der Waals surface area contributed by atoms with E-state index >= 15 is 0 Å². The van der Waals surface area contributed by atoms with Gasteiger partial charge in [-0.2, -0.15) is 0 Å². The Morgan fingerprint density at radius 1 is 0.242 bits per heavy atom. The van der Waals surface area contributed by atoms with Crippen molar-refractivity contribution in [2.75, 3.05) is 0 Å². The van der Waals surface area contributed by atoms with Crippen LogP contribution in [0.25, 0.3) is 0 Å². The van der Waals surface area contributed by atoms with Crippen molar-refractivity contribution in [1.82, 2.24) is 0 Å². The molecule has 0 aliphatic rings. The number of hydrogen-bond donors (Lipinski definition) is 0. The number of rotatable bonds is 29.